The summed E-state index contributed by atoms with van der Waals surface area (Å²) in [5.74, 6) is 1.08. The molecule has 1 N–H and O–H groups in total. The molecule has 1 aliphatic heterocycles. The molecule has 0 spiro atoms. The highest BCUT2D eigenvalue weighted by Gasteiger charge is 2.40. The number of carbonyl (C=O) groups is 1. The molecule has 2 aliphatic rings. The molecule has 1 amide bonds. The zero-order valence-corrected chi connectivity index (χ0v) is 15.3. The number of aliphatic hydroxyl groups is 1. The fourth-order valence-corrected chi connectivity index (χ4v) is 3.39. The Kier molecular flexibility index (Phi) is 4.30. The van der Waals surface area contributed by atoms with Crippen molar-refractivity contribution in [2.75, 3.05) is 13.1 Å². The molecule has 140 valence electrons. The van der Waals surface area contributed by atoms with Gasteiger partial charge in [0.05, 0.1) is 12.7 Å². The summed E-state index contributed by atoms with van der Waals surface area (Å²) in [5.41, 5.74) is -0.351. The van der Waals surface area contributed by atoms with Crippen LogP contribution in [0.15, 0.2) is 16.9 Å². The van der Waals surface area contributed by atoms with E-state index in [0.717, 1.165) is 6.42 Å². The predicted molar refractivity (Wildman–Crippen MR) is 92.4 cm³/mol. The van der Waals surface area contributed by atoms with E-state index in [4.69, 9.17) is 4.42 Å². The Morgan fingerprint density at radius 2 is 2.27 bits per heavy atom. The average molecular weight is 359 g/mol. The number of hydrogen-bond donors (Lipinski definition) is 1. The molecule has 0 bridgehead atoms. The fourth-order valence-electron chi connectivity index (χ4n) is 3.39. The number of β-amino-alcohol motifs (C(OH)–C–C–N with tert-alkyl or cyclic N) is 1. The lowest BCUT2D eigenvalue weighted by molar-refractivity contribution is -0.0322. The van der Waals surface area contributed by atoms with Gasteiger partial charge >= 0.3 is 0 Å². The van der Waals surface area contributed by atoms with Crippen LogP contribution in [0.2, 0.25) is 0 Å². The van der Waals surface area contributed by atoms with Crippen LogP contribution in [0.5, 0.6) is 0 Å². The molecule has 2 aromatic rings. The molecule has 1 aliphatic carbocycles. The molecule has 8 nitrogen and oxygen atoms in total. The Labute approximate surface area is 152 Å². The molecule has 1 saturated heterocycles. The van der Waals surface area contributed by atoms with E-state index in [9.17, 15) is 9.90 Å². The summed E-state index contributed by atoms with van der Waals surface area (Å²) in [7, 11) is 0. The summed E-state index contributed by atoms with van der Waals surface area (Å²) < 4.78 is 7.17. The lowest BCUT2D eigenvalue weighted by Gasteiger charge is -2.37. The smallest absolute Gasteiger partial charge is 0.275 e. The lowest BCUT2D eigenvalue weighted by atomic mass is 9.90. The molecule has 0 unspecified atom stereocenters. The van der Waals surface area contributed by atoms with Gasteiger partial charge in [-0.3, -0.25) is 4.79 Å². The van der Waals surface area contributed by atoms with E-state index in [1.807, 2.05) is 13.8 Å². The average Bonchev–Trinajstić information content (AvgIpc) is 3.11. The minimum absolute atomic E-state index is 0.168. The molecule has 1 saturated carbocycles. The van der Waals surface area contributed by atoms with Crippen LogP contribution in [0.25, 0.3) is 0 Å². The van der Waals surface area contributed by atoms with Gasteiger partial charge in [-0.2, -0.15) is 0 Å². The molecular formula is C18H25N5O3. The summed E-state index contributed by atoms with van der Waals surface area (Å²) in [5, 5.41) is 19.3. The van der Waals surface area contributed by atoms with E-state index in [1.165, 1.54) is 19.1 Å². The molecule has 1 atom stereocenters. The Morgan fingerprint density at radius 3 is 2.96 bits per heavy atom. The fraction of sp³-hybridized carbons (Fsp3) is 0.667. The van der Waals surface area contributed by atoms with E-state index in [-0.39, 0.29) is 18.5 Å². The van der Waals surface area contributed by atoms with Crippen LogP contribution in [0.3, 0.4) is 0 Å². The maximum Gasteiger partial charge on any atom is 0.275 e. The molecule has 0 aromatic carbocycles. The highest BCUT2D eigenvalue weighted by molar-refractivity contribution is 5.92. The van der Waals surface area contributed by atoms with Gasteiger partial charge in [0.2, 0.25) is 0 Å². The number of aromatic nitrogens is 4. The van der Waals surface area contributed by atoms with Gasteiger partial charge in [0, 0.05) is 19.0 Å². The summed E-state index contributed by atoms with van der Waals surface area (Å²) in [6.07, 6.45) is 7.67. The zero-order chi connectivity index (χ0) is 18.3. The molecule has 4 rings (SSSR count). The SMILES string of the molecule is CC(C)n1cc([C@]2(O)CCCN(C(=O)c3coc(CC4CC4)n3)C2)nn1. The number of hydrogen-bond acceptors (Lipinski definition) is 6. The van der Waals surface area contributed by atoms with Crippen molar-refractivity contribution < 1.29 is 14.3 Å². The molecule has 3 heterocycles. The minimum Gasteiger partial charge on any atom is -0.448 e. The van der Waals surface area contributed by atoms with Gasteiger partial charge in [-0.1, -0.05) is 5.21 Å². The van der Waals surface area contributed by atoms with Crippen LogP contribution in [0.1, 0.15) is 67.6 Å². The van der Waals surface area contributed by atoms with E-state index < -0.39 is 5.60 Å². The van der Waals surface area contributed by atoms with Gasteiger partial charge in [-0.05, 0) is 45.4 Å². The summed E-state index contributed by atoms with van der Waals surface area (Å²) in [6, 6.07) is 0.168. The van der Waals surface area contributed by atoms with Crippen molar-refractivity contribution in [2.45, 2.75) is 57.6 Å². The van der Waals surface area contributed by atoms with Crippen molar-refractivity contribution in [3.63, 3.8) is 0 Å². The number of amides is 1. The van der Waals surface area contributed by atoms with E-state index in [1.54, 1.807) is 15.8 Å². The Hall–Kier alpha value is -2.22. The minimum atomic E-state index is -1.18. The maximum absolute atomic E-state index is 12.8. The lowest BCUT2D eigenvalue weighted by Crippen LogP contribution is -2.48. The Balaban J connectivity index is 1.48. The summed E-state index contributed by atoms with van der Waals surface area (Å²) >= 11 is 0. The van der Waals surface area contributed by atoms with E-state index in [2.05, 4.69) is 15.3 Å². The maximum atomic E-state index is 12.8. The molecular weight excluding hydrogens is 334 g/mol. The van der Waals surface area contributed by atoms with Crippen molar-refractivity contribution >= 4 is 5.91 Å². The first-order valence-electron chi connectivity index (χ1n) is 9.33. The van der Waals surface area contributed by atoms with Crippen molar-refractivity contribution in [3.05, 3.63) is 29.7 Å². The van der Waals surface area contributed by atoms with Crippen LogP contribution in [0, 0.1) is 5.92 Å². The van der Waals surface area contributed by atoms with Gasteiger partial charge in [-0.15, -0.1) is 5.10 Å². The Morgan fingerprint density at radius 1 is 1.46 bits per heavy atom. The van der Waals surface area contributed by atoms with Crippen LogP contribution < -0.4 is 0 Å². The number of nitrogens with zero attached hydrogens (tertiary/aromatic N) is 5. The topological polar surface area (TPSA) is 97.3 Å². The third kappa shape index (κ3) is 3.38. The van der Waals surface area contributed by atoms with Gasteiger partial charge in [0.15, 0.2) is 11.6 Å². The summed E-state index contributed by atoms with van der Waals surface area (Å²) in [4.78, 5) is 18.8. The van der Waals surface area contributed by atoms with Gasteiger partial charge in [-0.25, -0.2) is 9.67 Å². The van der Waals surface area contributed by atoms with Crippen molar-refractivity contribution in [2.24, 2.45) is 5.92 Å². The van der Waals surface area contributed by atoms with Gasteiger partial charge in [0.1, 0.15) is 17.6 Å². The number of carbonyl (C=O) groups excluding carboxylic acids is 1. The van der Waals surface area contributed by atoms with Gasteiger partial charge in [0.25, 0.3) is 5.91 Å². The number of likely N-dealkylation sites (tertiary alicyclic amines) is 1. The highest BCUT2D eigenvalue weighted by Crippen LogP contribution is 2.33. The van der Waals surface area contributed by atoms with Crippen LogP contribution in [-0.4, -0.2) is 49.0 Å². The second-order valence-corrected chi connectivity index (χ2v) is 7.81. The van der Waals surface area contributed by atoms with Crippen LogP contribution in [-0.2, 0) is 12.0 Å². The van der Waals surface area contributed by atoms with Crippen molar-refractivity contribution in [3.8, 4) is 0 Å². The quantitative estimate of drug-likeness (QED) is 0.876. The monoisotopic (exact) mass is 359 g/mol. The second kappa shape index (κ2) is 6.50. The summed E-state index contributed by atoms with van der Waals surface area (Å²) in [6.45, 7) is 4.78. The number of oxazole rings is 1. The number of rotatable bonds is 5. The third-order valence-electron chi connectivity index (χ3n) is 5.21. The first-order valence-corrected chi connectivity index (χ1v) is 9.33. The standard InChI is InChI=1S/C18H25N5O3/c1-12(2)23-9-15(20-21-23)18(25)6-3-7-22(11-18)17(24)14-10-26-16(19-14)8-13-4-5-13/h9-10,12-13,25H,3-8,11H2,1-2H3/t18-/m0/s1. The first kappa shape index (κ1) is 17.2. The van der Waals surface area contributed by atoms with E-state index >= 15 is 0 Å². The molecule has 8 heteroatoms. The van der Waals surface area contributed by atoms with Gasteiger partial charge < -0.3 is 14.4 Å². The van der Waals surface area contributed by atoms with Crippen LogP contribution >= 0.6 is 0 Å². The Bertz CT molecular complexity index is 794. The number of piperidine rings is 1. The largest absolute Gasteiger partial charge is 0.448 e. The second-order valence-electron chi connectivity index (χ2n) is 7.81. The molecule has 26 heavy (non-hydrogen) atoms. The van der Waals surface area contributed by atoms with Crippen molar-refractivity contribution in [1.82, 2.24) is 24.9 Å². The third-order valence-corrected chi connectivity index (χ3v) is 5.21. The van der Waals surface area contributed by atoms with E-state index in [0.29, 0.717) is 42.6 Å². The highest BCUT2D eigenvalue weighted by atomic mass is 16.3. The molecule has 2 aromatic heterocycles. The molecule has 0 radical (unpaired) electrons. The normalized spacial score (nSPS) is 23.6. The first-order chi connectivity index (χ1) is 12.4. The molecule has 2 fully saturated rings. The van der Waals surface area contributed by atoms with Crippen molar-refractivity contribution in [1.29, 1.82) is 0 Å². The van der Waals surface area contributed by atoms with Crippen LogP contribution in [0.4, 0.5) is 0 Å². The predicted octanol–water partition coefficient (Wildman–Crippen LogP) is 1.92. The zero-order valence-electron chi connectivity index (χ0n) is 15.3.